The van der Waals surface area contributed by atoms with E-state index in [4.69, 9.17) is 5.64 Å². The topological polar surface area (TPSA) is 26.0 Å². The molecule has 1 fully saturated rings. The minimum atomic E-state index is 0.729. The molecule has 51 valence electrons. The van der Waals surface area contributed by atoms with Gasteiger partial charge in [0.05, 0.1) is 0 Å². The number of nitrogens with two attached hydrogens (primary N) is 1. The van der Waals surface area contributed by atoms with Crippen LogP contribution < -0.4 is 5.64 Å². The van der Waals surface area contributed by atoms with E-state index in [2.05, 4.69) is 0 Å². The fourth-order valence-electron chi connectivity index (χ4n) is 1.50. The van der Waals surface area contributed by atoms with Crippen molar-refractivity contribution in [3.63, 3.8) is 0 Å². The third kappa shape index (κ3) is 2.40. The van der Waals surface area contributed by atoms with Gasteiger partial charge in [-0.2, -0.15) is 0 Å². The first-order valence-corrected chi connectivity index (χ1v) is 3.98. The first kappa shape index (κ1) is 7.14. The summed E-state index contributed by atoms with van der Waals surface area (Å²) in [5.41, 5.74) is 5.45. The summed E-state index contributed by atoms with van der Waals surface area (Å²) in [5, 5.41) is 0. The highest BCUT2D eigenvalue weighted by Gasteiger charge is 2.10. The van der Waals surface area contributed by atoms with Crippen molar-refractivity contribution < 1.29 is 0 Å². The minimum absolute atomic E-state index is 0.729. The second-order valence-electron chi connectivity index (χ2n) is 2.94. The summed E-state index contributed by atoms with van der Waals surface area (Å²) in [4.78, 5) is 0. The van der Waals surface area contributed by atoms with Crippen molar-refractivity contribution in [2.75, 3.05) is 0 Å². The Morgan fingerprint density at radius 3 is 2.00 bits per heavy atom. The molecule has 0 heterocycles. The van der Waals surface area contributed by atoms with Gasteiger partial charge in [0.25, 0.3) is 0 Å². The van der Waals surface area contributed by atoms with Gasteiger partial charge in [-0.05, 0) is 0 Å². The molecule has 0 unspecified atom stereocenters. The lowest BCUT2D eigenvalue weighted by atomic mass is 9.72. The Balaban J connectivity index is 2.18. The fourth-order valence-corrected chi connectivity index (χ4v) is 1.50. The van der Waals surface area contributed by atoms with Gasteiger partial charge >= 0.3 is 0 Å². The highest BCUT2D eigenvalue weighted by atomic mass is 14.4. The van der Waals surface area contributed by atoms with Crippen LogP contribution in [0, 0.1) is 0 Å². The van der Waals surface area contributed by atoms with Crippen LogP contribution in [0.4, 0.5) is 0 Å². The van der Waals surface area contributed by atoms with Crippen molar-refractivity contribution in [2.24, 2.45) is 5.64 Å². The summed E-state index contributed by atoms with van der Waals surface area (Å²) in [6, 6.07) is 0. The van der Waals surface area contributed by atoms with Crippen LogP contribution in [0.2, 0.25) is 5.82 Å². The van der Waals surface area contributed by atoms with Crippen molar-refractivity contribution in [3.05, 3.63) is 0 Å². The highest BCUT2D eigenvalue weighted by Crippen LogP contribution is 2.25. The zero-order valence-electron chi connectivity index (χ0n) is 5.97. The first-order valence-electron chi connectivity index (χ1n) is 3.98. The molecule has 9 heavy (non-hydrogen) atoms. The van der Waals surface area contributed by atoms with Crippen LogP contribution in [-0.2, 0) is 0 Å². The molecule has 0 atom stereocenters. The predicted octanol–water partition coefficient (Wildman–Crippen LogP) is 1.71. The molecule has 2 heteroatoms. The summed E-state index contributed by atoms with van der Waals surface area (Å²) >= 11 is 0. The molecule has 2 N–H and O–H groups in total. The van der Waals surface area contributed by atoms with E-state index < -0.39 is 0 Å². The molecule has 1 saturated carbocycles. The Morgan fingerprint density at radius 1 is 1.00 bits per heavy atom. The molecule has 0 bridgehead atoms. The second-order valence-corrected chi connectivity index (χ2v) is 2.94. The summed E-state index contributed by atoms with van der Waals surface area (Å²) in [7, 11) is 1.88. The van der Waals surface area contributed by atoms with Gasteiger partial charge in [-0.15, -0.1) is 0 Å². The van der Waals surface area contributed by atoms with Gasteiger partial charge in [-0.25, -0.2) is 0 Å². The van der Waals surface area contributed by atoms with E-state index >= 15 is 0 Å². The van der Waals surface area contributed by atoms with Gasteiger partial charge in [0.15, 0.2) is 0 Å². The molecule has 0 spiro atoms. The van der Waals surface area contributed by atoms with Gasteiger partial charge in [0.2, 0.25) is 7.41 Å². The zero-order valence-corrected chi connectivity index (χ0v) is 5.97. The molecule has 0 aromatic rings. The Hall–Kier alpha value is 0.0249. The van der Waals surface area contributed by atoms with E-state index in [-0.39, 0.29) is 0 Å². The molecule has 0 amide bonds. The molecule has 0 aliphatic heterocycles. The standard InChI is InChI=1S/C7H15BN/c9-8-7-5-3-1-2-4-6-7/h7H,1-6,9H2. The Labute approximate surface area is 58.3 Å². The molecule has 0 aromatic heterocycles. The molecule has 0 saturated heterocycles. The van der Waals surface area contributed by atoms with Crippen LogP contribution in [0.1, 0.15) is 38.5 Å². The third-order valence-corrected chi connectivity index (χ3v) is 2.17. The normalized spacial score (nSPS) is 23.2. The molecule has 0 aromatic carbocycles. The van der Waals surface area contributed by atoms with Crippen LogP contribution in [-0.4, -0.2) is 7.41 Å². The Morgan fingerprint density at radius 2 is 1.56 bits per heavy atom. The van der Waals surface area contributed by atoms with Crippen LogP contribution in [0.25, 0.3) is 0 Å². The number of hydrogen-bond donors (Lipinski definition) is 1. The summed E-state index contributed by atoms with van der Waals surface area (Å²) in [6.07, 6.45) is 8.28. The largest absolute Gasteiger partial charge is 0.374 e. The van der Waals surface area contributed by atoms with E-state index in [9.17, 15) is 0 Å². The quantitative estimate of drug-likeness (QED) is 0.417. The van der Waals surface area contributed by atoms with Crippen molar-refractivity contribution in [3.8, 4) is 0 Å². The lowest BCUT2D eigenvalue weighted by Crippen LogP contribution is -2.12. The molecule has 1 aliphatic rings. The maximum Gasteiger partial charge on any atom is 0.205 e. The highest BCUT2D eigenvalue weighted by molar-refractivity contribution is 6.33. The van der Waals surface area contributed by atoms with Crippen molar-refractivity contribution in [2.45, 2.75) is 44.3 Å². The average Bonchev–Trinajstić information content (AvgIpc) is 2.13. The van der Waals surface area contributed by atoms with Crippen molar-refractivity contribution in [1.29, 1.82) is 0 Å². The van der Waals surface area contributed by atoms with Crippen LogP contribution >= 0.6 is 0 Å². The van der Waals surface area contributed by atoms with Crippen LogP contribution in [0.15, 0.2) is 0 Å². The van der Waals surface area contributed by atoms with E-state index in [1.54, 1.807) is 0 Å². The number of hydrogen-bond acceptors (Lipinski definition) is 1. The van der Waals surface area contributed by atoms with E-state index in [0.717, 1.165) is 5.82 Å². The van der Waals surface area contributed by atoms with Gasteiger partial charge in [0.1, 0.15) is 0 Å². The zero-order chi connectivity index (χ0) is 6.53. The SMILES string of the molecule is N[B]C1CCCCCC1. The molecule has 1 aliphatic carbocycles. The fraction of sp³-hybridized carbons (Fsp3) is 1.00. The minimum Gasteiger partial charge on any atom is -0.374 e. The maximum atomic E-state index is 5.45. The second kappa shape index (κ2) is 3.94. The smallest absolute Gasteiger partial charge is 0.205 e. The first-order chi connectivity index (χ1) is 4.43. The molecule has 1 rings (SSSR count). The molecule has 1 nitrogen and oxygen atoms in total. The molecular weight excluding hydrogens is 109 g/mol. The Kier molecular flexibility index (Phi) is 3.12. The van der Waals surface area contributed by atoms with Gasteiger partial charge in [0, 0.05) is 0 Å². The van der Waals surface area contributed by atoms with Crippen molar-refractivity contribution in [1.82, 2.24) is 0 Å². The average molecular weight is 124 g/mol. The predicted molar refractivity (Wildman–Crippen MR) is 41.4 cm³/mol. The van der Waals surface area contributed by atoms with Gasteiger partial charge in [-0.1, -0.05) is 44.3 Å². The lowest BCUT2D eigenvalue weighted by molar-refractivity contribution is 0.692. The van der Waals surface area contributed by atoms with Gasteiger partial charge < -0.3 is 5.64 Å². The van der Waals surface area contributed by atoms with Crippen LogP contribution in [0.5, 0.6) is 0 Å². The van der Waals surface area contributed by atoms with E-state index in [1.807, 2.05) is 7.41 Å². The summed E-state index contributed by atoms with van der Waals surface area (Å²) in [6.45, 7) is 0. The monoisotopic (exact) mass is 124 g/mol. The number of rotatable bonds is 1. The van der Waals surface area contributed by atoms with Gasteiger partial charge in [-0.3, -0.25) is 0 Å². The third-order valence-electron chi connectivity index (χ3n) is 2.17. The maximum absolute atomic E-state index is 5.45. The van der Waals surface area contributed by atoms with Crippen molar-refractivity contribution >= 4 is 7.41 Å². The Bertz CT molecular complexity index is 67.3. The molecular formula is C7H15BN. The lowest BCUT2D eigenvalue weighted by Gasteiger charge is -2.06. The summed E-state index contributed by atoms with van der Waals surface area (Å²) < 4.78 is 0. The molecule has 1 radical (unpaired) electrons. The summed E-state index contributed by atoms with van der Waals surface area (Å²) in [5.74, 6) is 0.729. The van der Waals surface area contributed by atoms with E-state index in [1.165, 1.54) is 38.5 Å². The van der Waals surface area contributed by atoms with E-state index in [0.29, 0.717) is 0 Å². The van der Waals surface area contributed by atoms with Crippen LogP contribution in [0.3, 0.4) is 0 Å².